The van der Waals surface area contributed by atoms with Crippen molar-refractivity contribution in [2.75, 3.05) is 18.4 Å². The smallest absolute Gasteiger partial charge is 0.131 e. The minimum absolute atomic E-state index is 0.516. The quantitative estimate of drug-likeness (QED) is 0.832. The predicted octanol–water partition coefficient (Wildman–Crippen LogP) is 4.33. The summed E-state index contributed by atoms with van der Waals surface area (Å²) in [4.78, 5) is 6.53. The molecule has 1 aliphatic heterocycles. The average Bonchev–Trinajstić information content (AvgIpc) is 2.55. The van der Waals surface area contributed by atoms with E-state index in [9.17, 15) is 0 Å². The highest BCUT2D eigenvalue weighted by Gasteiger charge is 2.10. The fourth-order valence-electron chi connectivity index (χ4n) is 2.85. The molecule has 0 amide bonds. The molecule has 3 nitrogen and oxygen atoms in total. The second-order valence-electron chi connectivity index (χ2n) is 5.87. The first-order valence-electron chi connectivity index (χ1n) is 7.95. The van der Waals surface area contributed by atoms with Gasteiger partial charge in [0.15, 0.2) is 0 Å². The SMILES string of the molecule is Clc1cc(NCc2ccc(CN3CCCCC3)cc2)ccn1. The van der Waals surface area contributed by atoms with Crippen LogP contribution in [0.15, 0.2) is 42.6 Å². The average molecular weight is 316 g/mol. The molecular formula is C18H22ClN3. The van der Waals surface area contributed by atoms with Crippen LogP contribution in [0, 0.1) is 0 Å². The number of hydrogen-bond acceptors (Lipinski definition) is 3. The van der Waals surface area contributed by atoms with Crippen molar-refractivity contribution < 1.29 is 0 Å². The lowest BCUT2D eigenvalue weighted by molar-refractivity contribution is 0.221. The molecule has 0 radical (unpaired) electrons. The molecule has 2 aromatic rings. The molecule has 116 valence electrons. The fourth-order valence-corrected chi connectivity index (χ4v) is 3.03. The molecule has 3 rings (SSSR count). The zero-order valence-electron chi connectivity index (χ0n) is 12.8. The number of benzene rings is 1. The zero-order chi connectivity index (χ0) is 15.2. The minimum atomic E-state index is 0.516. The molecule has 1 saturated heterocycles. The number of nitrogens with zero attached hydrogens (tertiary/aromatic N) is 2. The van der Waals surface area contributed by atoms with Gasteiger partial charge in [-0.3, -0.25) is 4.90 Å². The van der Waals surface area contributed by atoms with Gasteiger partial charge in [-0.05, 0) is 49.2 Å². The van der Waals surface area contributed by atoms with Crippen LogP contribution in [-0.4, -0.2) is 23.0 Å². The van der Waals surface area contributed by atoms with Crippen molar-refractivity contribution in [3.05, 3.63) is 58.9 Å². The molecule has 1 N–H and O–H groups in total. The van der Waals surface area contributed by atoms with Gasteiger partial charge in [-0.1, -0.05) is 42.3 Å². The van der Waals surface area contributed by atoms with Gasteiger partial charge < -0.3 is 5.32 Å². The van der Waals surface area contributed by atoms with Crippen LogP contribution in [0.3, 0.4) is 0 Å². The fraction of sp³-hybridized carbons (Fsp3) is 0.389. The maximum absolute atomic E-state index is 5.88. The number of hydrogen-bond donors (Lipinski definition) is 1. The summed E-state index contributed by atoms with van der Waals surface area (Å²) in [7, 11) is 0. The molecule has 0 spiro atoms. The Bertz CT molecular complexity index is 592. The van der Waals surface area contributed by atoms with E-state index < -0.39 is 0 Å². The van der Waals surface area contributed by atoms with Crippen LogP contribution >= 0.6 is 11.6 Å². The summed E-state index contributed by atoms with van der Waals surface area (Å²) in [5, 5.41) is 3.88. The molecule has 0 bridgehead atoms. The molecule has 0 saturated carbocycles. The monoisotopic (exact) mass is 315 g/mol. The summed E-state index contributed by atoms with van der Waals surface area (Å²) in [6.45, 7) is 4.36. The Morgan fingerprint density at radius 3 is 2.45 bits per heavy atom. The van der Waals surface area contributed by atoms with Gasteiger partial charge in [0.25, 0.3) is 0 Å². The normalized spacial score (nSPS) is 15.7. The number of pyridine rings is 1. The predicted molar refractivity (Wildman–Crippen MR) is 92.1 cm³/mol. The number of halogens is 1. The summed E-state index contributed by atoms with van der Waals surface area (Å²) < 4.78 is 0. The number of rotatable bonds is 5. The summed E-state index contributed by atoms with van der Waals surface area (Å²) in [5.41, 5.74) is 3.67. The van der Waals surface area contributed by atoms with E-state index in [1.807, 2.05) is 12.1 Å². The van der Waals surface area contributed by atoms with Gasteiger partial charge in [-0.15, -0.1) is 0 Å². The van der Waals surface area contributed by atoms with E-state index in [1.54, 1.807) is 6.20 Å². The summed E-state index contributed by atoms with van der Waals surface area (Å²) in [6, 6.07) is 12.7. The Morgan fingerprint density at radius 1 is 1.00 bits per heavy atom. The number of piperidine rings is 1. The minimum Gasteiger partial charge on any atom is -0.381 e. The molecule has 1 aliphatic rings. The number of aromatic nitrogens is 1. The van der Waals surface area contributed by atoms with Crippen molar-refractivity contribution in [2.45, 2.75) is 32.4 Å². The molecule has 0 atom stereocenters. The van der Waals surface area contributed by atoms with Gasteiger partial charge in [0, 0.05) is 25.0 Å². The largest absolute Gasteiger partial charge is 0.381 e. The first kappa shape index (κ1) is 15.3. The van der Waals surface area contributed by atoms with E-state index in [4.69, 9.17) is 11.6 Å². The molecule has 22 heavy (non-hydrogen) atoms. The van der Waals surface area contributed by atoms with Crippen molar-refractivity contribution in [3.8, 4) is 0 Å². The van der Waals surface area contributed by atoms with Crippen molar-refractivity contribution in [1.82, 2.24) is 9.88 Å². The van der Waals surface area contributed by atoms with Gasteiger partial charge in [0.05, 0.1) is 0 Å². The maximum Gasteiger partial charge on any atom is 0.131 e. The molecule has 0 unspecified atom stereocenters. The summed E-state index contributed by atoms with van der Waals surface area (Å²) in [5.74, 6) is 0. The highest BCUT2D eigenvalue weighted by molar-refractivity contribution is 6.29. The highest BCUT2D eigenvalue weighted by Crippen LogP contribution is 2.15. The lowest BCUT2D eigenvalue weighted by Crippen LogP contribution is -2.29. The third-order valence-electron chi connectivity index (χ3n) is 4.10. The van der Waals surface area contributed by atoms with Crippen LogP contribution in [0.4, 0.5) is 5.69 Å². The molecule has 2 heterocycles. The number of anilines is 1. The van der Waals surface area contributed by atoms with E-state index in [-0.39, 0.29) is 0 Å². The lowest BCUT2D eigenvalue weighted by Gasteiger charge is -2.26. The Balaban J connectivity index is 1.52. The Hall–Kier alpha value is -1.58. The topological polar surface area (TPSA) is 28.2 Å². The summed E-state index contributed by atoms with van der Waals surface area (Å²) >= 11 is 5.88. The Kier molecular flexibility index (Phi) is 5.30. The van der Waals surface area contributed by atoms with Crippen LogP contribution in [-0.2, 0) is 13.1 Å². The van der Waals surface area contributed by atoms with Crippen LogP contribution in [0.1, 0.15) is 30.4 Å². The lowest BCUT2D eigenvalue weighted by atomic mass is 10.1. The number of nitrogens with one attached hydrogen (secondary N) is 1. The van der Waals surface area contributed by atoms with Crippen LogP contribution < -0.4 is 5.32 Å². The molecular weight excluding hydrogens is 294 g/mol. The van der Waals surface area contributed by atoms with E-state index in [2.05, 4.69) is 39.5 Å². The maximum atomic E-state index is 5.88. The van der Waals surface area contributed by atoms with Crippen LogP contribution in [0.25, 0.3) is 0 Å². The van der Waals surface area contributed by atoms with E-state index in [1.165, 1.54) is 43.5 Å². The molecule has 1 aromatic heterocycles. The second kappa shape index (κ2) is 7.61. The van der Waals surface area contributed by atoms with E-state index >= 15 is 0 Å². The third kappa shape index (κ3) is 4.46. The van der Waals surface area contributed by atoms with Crippen molar-refractivity contribution in [3.63, 3.8) is 0 Å². The van der Waals surface area contributed by atoms with Gasteiger partial charge in [0.1, 0.15) is 5.15 Å². The van der Waals surface area contributed by atoms with E-state index in [0.29, 0.717) is 5.15 Å². The zero-order valence-corrected chi connectivity index (χ0v) is 13.5. The van der Waals surface area contributed by atoms with Crippen LogP contribution in [0.2, 0.25) is 5.15 Å². The first-order chi connectivity index (χ1) is 10.8. The highest BCUT2D eigenvalue weighted by atomic mass is 35.5. The second-order valence-corrected chi connectivity index (χ2v) is 6.26. The standard InChI is InChI=1S/C18H22ClN3/c19-18-12-17(8-9-20-18)21-13-15-4-6-16(7-5-15)14-22-10-2-1-3-11-22/h4-9,12H,1-3,10-11,13-14H2,(H,20,21). The van der Waals surface area contributed by atoms with Crippen molar-refractivity contribution in [2.24, 2.45) is 0 Å². The Morgan fingerprint density at radius 2 is 1.73 bits per heavy atom. The number of likely N-dealkylation sites (tertiary alicyclic amines) is 1. The van der Waals surface area contributed by atoms with Crippen molar-refractivity contribution >= 4 is 17.3 Å². The van der Waals surface area contributed by atoms with Gasteiger partial charge >= 0.3 is 0 Å². The first-order valence-corrected chi connectivity index (χ1v) is 8.33. The molecule has 1 fully saturated rings. The third-order valence-corrected chi connectivity index (χ3v) is 4.31. The molecule has 4 heteroatoms. The van der Waals surface area contributed by atoms with Gasteiger partial charge in [0.2, 0.25) is 0 Å². The summed E-state index contributed by atoms with van der Waals surface area (Å²) in [6.07, 6.45) is 5.79. The van der Waals surface area contributed by atoms with E-state index in [0.717, 1.165) is 18.8 Å². The van der Waals surface area contributed by atoms with Crippen molar-refractivity contribution in [1.29, 1.82) is 0 Å². The molecule has 0 aliphatic carbocycles. The van der Waals surface area contributed by atoms with Gasteiger partial charge in [-0.25, -0.2) is 4.98 Å². The molecule has 1 aromatic carbocycles. The van der Waals surface area contributed by atoms with Gasteiger partial charge in [-0.2, -0.15) is 0 Å². The Labute approximate surface area is 137 Å². The van der Waals surface area contributed by atoms with Crippen LogP contribution in [0.5, 0.6) is 0 Å².